The first-order chi connectivity index (χ1) is 22.3. The predicted octanol–water partition coefficient (Wildman–Crippen LogP) is 12.4. The van der Waals surface area contributed by atoms with Crippen molar-refractivity contribution in [1.29, 1.82) is 0 Å². The van der Waals surface area contributed by atoms with Gasteiger partial charge in [-0.1, -0.05) is 109 Å². The number of para-hydroxylation sites is 1. The highest BCUT2D eigenvalue weighted by molar-refractivity contribution is 7.26. The van der Waals surface area contributed by atoms with E-state index in [2.05, 4.69) is 150 Å². The normalized spacial score (nSPS) is 12.0. The van der Waals surface area contributed by atoms with Crippen molar-refractivity contribution < 1.29 is 4.42 Å². The molecule has 45 heavy (non-hydrogen) atoms. The summed E-state index contributed by atoms with van der Waals surface area (Å²) in [6.07, 6.45) is 0. The van der Waals surface area contributed by atoms with Crippen LogP contribution in [0.4, 0.5) is 0 Å². The Bertz CT molecular complexity index is 2740. The van der Waals surface area contributed by atoms with Crippen LogP contribution in [0.25, 0.3) is 91.9 Å². The smallest absolute Gasteiger partial charge is 0.145 e. The summed E-state index contributed by atoms with van der Waals surface area (Å²) in [5.74, 6) is 0. The number of rotatable bonds is 3. The first-order valence-corrected chi connectivity index (χ1v) is 16.1. The lowest BCUT2D eigenvalue weighted by Crippen LogP contribution is -1.94. The molecule has 0 saturated heterocycles. The largest absolute Gasteiger partial charge is 0.455 e. The fraction of sp³-hybridized carbons (Fsp3) is 0. The number of fused-ring (bicyclic) bond motifs is 10. The molecule has 0 unspecified atom stereocenters. The Hall–Kier alpha value is -5.64. The SMILES string of the molecule is c1ccc(-c2ccc3c4c5oc6ccccc6c5ccc4n(-c4ccc(-c5cccc6c5sc5ccccc56)cc4)c3c2)cc1. The Morgan fingerprint density at radius 3 is 2.09 bits per heavy atom. The van der Waals surface area contributed by atoms with Gasteiger partial charge in [0, 0.05) is 42.0 Å². The molecule has 210 valence electrons. The molecule has 0 atom stereocenters. The molecule has 0 N–H and O–H groups in total. The molecule has 3 heterocycles. The summed E-state index contributed by atoms with van der Waals surface area (Å²) < 4.78 is 11.6. The zero-order chi connectivity index (χ0) is 29.5. The maximum absolute atomic E-state index is 6.57. The van der Waals surface area contributed by atoms with E-state index >= 15 is 0 Å². The summed E-state index contributed by atoms with van der Waals surface area (Å²) in [5, 5.41) is 7.29. The van der Waals surface area contributed by atoms with Crippen molar-refractivity contribution in [3.05, 3.63) is 152 Å². The first-order valence-electron chi connectivity index (χ1n) is 15.3. The van der Waals surface area contributed by atoms with Crippen LogP contribution in [0.2, 0.25) is 0 Å². The molecule has 0 saturated carbocycles. The van der Waals surface area contributed by atoms with E-state index in [0.717, 1.165) is 38.5 Å². The summed E-state index contributed by atoms with van der Waals surface area (Å²) >= 11 is 1.88. The molecular formula is C42H25NOS. The quantitative estimate of drug-likeness (QED) is 0.200. The number of nitrogens with zero attached hydrogens (tertiary/aromatic N) is 1. The van der Waals surface area contributed by atoms with Gasteiger partial charge in [-0.05, 0) is 64.7 Å². The van der Waals surface area contributed by atoms with Gasteiger partial charge >= 0.3 is 0 Å². The van der Waals surface area contributed by atoms with Crippen LogP contribution in [0, 0.1) is 0 Å². The van der Waals surface area contributed by atoms with Crippen molar-refractivity contribution >= 4 is 75.3 Å². The van der Waals surface area contributed by atoms with Crippen LogP contribution in [0.3, 0.4) is 0 Å². The number of thiophene rings is 1. The second kappa shape index (κ2) is 9.43. The van der Waals surface area contributed by atoms with E-state index in [1.54, 1.807) is 0 Å². The molecule has 3 heteroatoms. The standard InChI is InChI=1S/C42H25NOS/c1-2-9-26(10-3-1)28-19-22-35-37(25-28)43(36-24-23-33-31-11-4-6-15-38(31)44-41(33)40(35)36)29-20-17-27(18-21-29)30-13-8-14-34-32-12-5-7-16-39(32)45-42(30)34/h1-25H. The maximum atomic E-state index is 6.57. The molecule has 0 fully saturated rings. The van der Waals surface area contributed by atoms with Crippen molar-refractivity contribution in [2.45, 2.75) is 0 Å². The molecule has 0 spiro atoms. The number of benzene rings is 7. The van der Waals surface area contributed by atoms with Gasteiger partial charge in [0.15, 0.2) is 0 Å². The Morgan fingerprint density at radius 2 is 1.20 bits per heavy atom. The van der Waals surface area contributed by atoms with Gasteiger partial charge in [-0.15, -0.1) is 11.3 Å². The molecule has 0 aliphatic rings. The van der Waals surface area contributed by atoms with Crippen molar-refractivity contribution in [2.75, 3.05) is 0 Å². The number of aromatic nitrogens is 1. The lowest BCUT2D eigenvalue weighted by Gasteiger charge is -2.11. The molecule has 3 aromatic heterocycles. The lowest BCUT2D eigenvalue weighted by atomic mass is 10.0. The molecule has 2 nitrogen and oxygen atoms in total. The number of furan rings is 1. The molecule has 0 bridgehead atoms. The van der Waals surface area contributed by atoms with Crippen LogP contribution in [0.15, 0.2) is 156 Å². The molecule has 7 aromatic carbocycles. The van der Waals surface area contributed by atoms with Crippen molar-refractivity contribution in [2.24, 2.45) is 0 Å². The van der Waals surface area contributed by atoms with Crippen LogP contribution in [0.5, 0.6) is 0 Å². The lowest BCUT2D eigenvalue weighted by molar-refractivity contribution is 0.673. The fourth-order valence-corrected chi connectivity index (χ4v) is 8.37. The van der Waals surface area contributed by atoms with E-state index in [1.807, 2.05) is 17.4 Å². The minimum absolute atomic E-state index is 0.918. The Labute approximate surface area is 263 Å². The van der Waals surface area contributed by atoms with Gasteiger partial charge in [-0.3, -0.25) is 0 Å². The Kier molecular flexibility index (Phi) is 5.19. The van der Waals surface area contributed by atoms with Crippen molar-refractivity contribution in [1.82, 2.24) is 4.57 Å². The van der Waals surface area contributed by atoms with Crippen LogP contribution in [0.1, 0.15) is 0 Å². The molecular weight excluding hydrogens is 567 g/mol. The van der Waals surface area contributed by atoms with E-state index in [9.17, 15) is 0 Å². The summed E-state index contributed by atoms with van der Waals surface area (Å²) in [4.78, 5) is 0. The van der Waals surface area contributed by atoms with E-state index in [-0.39, 0.29) is 0 Å². The number of hydrogen-bond donors (Lipinski definition) is 0. The molecule has 0 amide bonds. The monoisotopic (exact) mass is 591 g/mol. The molecule has 0 aliphatic carbocycles. The predicted molar refractivity (Wildman–Crippen MR) is 192 cm³/mol. The van der Waals surface area contributed by atoms with Gasteiger partial charge in [0.1, 0.15) is 11.2 Å². The van der Waals surface area contributed by atoms with Crippen LogP contribution >= 0.6 is 11.3 Å². The Balaban J connectivity index is 1.22. The van der Waals surface area contributed by atoms with Crippen LogP contribution in [-0.4, -0.2) is 4.57 Å². The first kappa shape index (κ1) is 24.8. The highest BCUT2D eigenvalue weighted by Gasteiger charge is 2.19. The fourth-order valence-electron chi connectivity index (χ4n) is 7.14. The molecule has 10 aromatic rings. The average molecular weight is 592 g/mol. The van der Waals surface area contributed by atoms with E-state index in [0.29, 0.717) is 0 Å². The van der Waals surface area contributed by atoms with Crippen molar-refractivity contribution in [3.8, 4) is 27.9 Å². The van der Waals surface area contributed by atoms with Gasteiger partial charge in [0.05, 0.1) is 16.4 Å². The van der Waals surface area contributed by atoms with E-state index < -0.39 is 0 Å². The van der Waals surface area contributed by atoms with E-state index in [4.69, 9.17) is 4.42 Å². The topological polar surface area (TPSA) is 18.1 Å². The summed E-state index contributed by atoms with van der Waals surface area (Å²) in [7, 11) is 0. The molecule has 0 radical (unpaired) electrons. The van der Waals surface area contributed by atoms with Gasteiger partial charge in [0.2, 0.25) is 0 Å². The number of hydrogen-bond acceptors (Lipinski definition) is 2. The van der Waals surface area contributed by atoms with Crippen LogP contribution in [-0.2, 0) is 0 Å². The third kappa shape index (κ3) is 3.62. The highest BCUT2D eigenvalue weighted by Crippen LogP contribution is 2.43. The molecule has 10 rings (SSSR count). The van der Waals surface area contributed by atoms with E-state index in [1.165, 1.54) is 53.3 Å². The second-order valence-electron chi connectivity index (χ2n) is 11.7. The summed E-state index contributed by atoms with van der Waals surface area (Å²) in [6.45, 7) is 0. The van der Waals surface area contributed by atoms with Gasteiger partial charge in [-0.2, -0.15) is 0 Å². The van der Waals surface area contributed by atoms with Gasteiger partial charge < -0.3 is 8.98 Å². The van der Waals surface area contributed by atoms with Gasteiger partial charge in [-0.25, -0.2) is 0 Å². The third-order valence-corrected chi connectivity index (χ3v) is 10.4. The Morgan fingerprint density at radius 1 is 0.467 bits per heavy atom. The van der Waals surface area contributed by atoms with Gasteiger partial charge in [0.25, 0.3) is 0 Å². The zero-order valence-electron chi connectivity index (χ0n) is 24.2. The minimum atomic E-state index is 0.918. The third-order valence-electron chi connectivity index (χ3n) is 9.22. The minimum Gasteiger partial charge on any atom is -0.455 e. The second-order valence-corrected chi connectivity index (χ2v) is 12.7. The average Bonchev–Trinajstić information content (AvgIpc) is 3.78. The highest BCUT2D eigenvalue weighted by atomic mass is 32.1. The molecule has 0 aliphatic heterocycles. The van der Waals surface area contributed by atoms with Crippen molar-refractivity contribution in [3.63, 3.8) is 0 Å². The maximum Gasteiger partial charge on any atom is 0.145 e. The van der Waals surface area contributed by atoms with Crippen LogP contribution < -0.4 is 0 Å². The zero-order valence-corrected chi connectivity index (χ0v) is 25.0. The summed E-state index contributed by atoms with van der Waals surface area (Å²) in [6, 6.07) is 54.7. The summed E-state index contributed by atoms with van der Waals surface area (Å²) in [5.41, 5.74) is 10.2.